The van der Waals surface area contributed by atoms with Crippen molar-refractivity contribution in [2.75, 3.05) is 0 Å². The maximum absolute atomic E-state index is 11.0. The molecular weight excluding hydrogens is 356 g/mol. The van der Waals surface area contributed by atoms with E-state index in [1.54, 1.807) is 0 Å². The summed E-state index contributed by atoms with van der Waals surface area (Å²) in [5.74, 6) is 2.37. The van der Waals surface area contributed by atoms with Crippen LogP contribution in [-0.2, 0) is 6.42 Å². The van der Waals surface area contributed by atoms with Crippen LogP contribution in [0.3, 0.4) is 0 Å². The lowest BCUT2D eigenvalue weighted by molar-refractivity contribution is 0.0280. The SMILES string of the molecule is C=C(C)[C@@H]1[C@H]2[C@H]3[C@H](CC[C@]2(C)C[C@@H]1O)c1ccc(O)cc1C[C@H]3c1ccccc1. The first-order chi connectivity index (χ1) is 13.9. The molecule has 0 amide bonds. The van der Waals surface area contributed by atoms with Gasteiger partial charge in [0.15, 0.2) is 0 Å². The molecule has 0 spiro atoms. The molecule has 3 aliphatic carbocycles. The Balaban J connectivity index is 1.68. The van der Waals surface area contributed by atoms with Crippen LogP contribution in [0.4, 0.5) is 0 Å². The van der Waals surface area contributed by atoms with Crippen LogP contribution in [0.15, 0.2) is 60.7 Å². The third-order valence-corrected chi connectivity index (χ3v) is 8.41. The van der Waals surface area contributed by atoms with Gasteiger partial charge < -0.3 is 10.2 Å². The summed E-state index contributed by atoms with van der Waals surface area (Å²) >= 11 is 0. The van der Waals surface area contributed by atoms with Crippen molar-refractivity contribution in [3.8, 4) is 5.75 Å². The molecule has 5 rings (SSSR count). The molecule has 3 aliphatic rings. The average Bonchev–Trinajstić information content (AvgIpc) is 2.97. The first-order valence-corrected chi connectivity index (χ1v) is 11.1. The van der Waals surface area contributed by atoms with E-state index >= 15 is 0 Å². The minimum atomic E-state index is -0.279. The van der Waals surface area contributed by atoms with Gasteiger partial charge in [-0.2, -0.15) is 0 Å². The summed E-state index contributed by atoms with van der Waals surface area (Å²) < 4.78 is 0. The number of hydrogen-bond acceptors (Lipinski definition) is 2. The molecule has 2 heteroatoms. The second-order valence-corrected chi connectivity index (χ2v) is 10.2. The van der Waals surface area contributed by atoms with Crippen molar-refractivity contribution in [1.29, 1.82) is 0 Å². The molecule has 2 N–H and O–H groups in total. The number of aromatic hydroxyl groups is 1. The Bertz CT molecular complexity index is 933. The molecule has 0 radical (unpaired) electrons. The fourth-order valence-corrected chi connectivity index (χ4v) is 7.39. The minimum absolute atomic E-state index is 0.172. The third kappa shape index (κ3) is 2.87. The zero-order valence-electron chi connectivity index (χ0n) is 17.5. The van der Waals surface area contributed by atoms with Gasteiger partial charge >= 0.3 is 0 Å². The predicted molar refractivity (Wildman–Crippen MR) is 117 cm³/mol. The lowest BCUT2D eigenvalue weighted by Crippen LogP contribution is -2.45. The lowest BCUT2D eigenvalue weighted by Gasteiger charge is -2.54. The predicted octanol–water partition coefficient (Wildman–Crippen LogP) is 5.81. The summed E-state index contributed by atoms with van der Waals surface area (Å²) in [5.41, 5.74) is 5.42. The minimum Gasteiger partial charge on any atom is -0.508 e. The molecule has 152 valence electrons. The van der Waals surface area contributed by atoms with Crippen molar-refractivity contribution in [3.05, 3.63) is 77.4 Å². The summed E-state index contributed by atoms with van der Waals surface area (Å²) in [6.07, 6.45) is 3.89. The van der Waals surface area contributed by atoms with Crippen molar-refractivity contribution in [3.63, 3.8) is 0 Å². The van der Waals surface area contributed by atoms with Crippen LogP contribution in [0, 0.1) is 23.2 Å². The van der Waals surface area contributed by atoms with E-state index in [4.69, 9.17) is 0 Å². The monoisotopic (exact) mass is 388 g/mol. The molecule has 0 saturated heterocycles. The van der Waals surface area contributed by atoms with Crippen molar-refractivity contribution < 1.29 is 10.2 Å². The van der Waals surface area contributed by atoms with Gasteiger partial charge in [0, 0.05) is 5.92 Å². The fourth-order valence-electron chi connectivity index (χ4n) is 7.39. The van der Waals surface area contributed by atoms with Gasteiger partial charge in [0.25, 0.3) is 0 Å². The molecule has 7 atom stereocenters. The van der Waals surface area contributed by atoms with E-state index < -0.39 is 0 Å². The van der Waals surface area contributed by atoms with Crippen LogP contribution < -0.4 is 0 Å². The van der Waals surface area contributed by atoms with Crippen LogP contribution >= 0.6 is 0 Å². The molecule has 0 bridgehead atoms. The number of benzene rings is 2. The zero-order valence-corrected chi connectivity index (χ0v) is 17.5. The molecule has 2 saturated carbocycles. The van der Waals surface area contributed by atoms with Crippen molar-refractivity contribution in [2.24, 2.45) is 23.2 Å². The molecule has 2 aromatic carbocycles. The molecule has 29 heavy (non-hydrogen) atoms. The molecule has 0 unspecified atom stereocenters. The van der Waals surface area contributed by atoms with Crippen LogP contribution in [0.2, 0.25) is 0 Å². The topological polar surface area (TPSA) is 40.5 Å². The van der Waals surface area contributed by atoms with Gasteiger partial charge in [-0.1, -0.05) is 55.5 Å². The van der Waals surface area contributed by atoms with Crippen molar-refractivity contribution in [2.45, 2.75) is 57.5 Å². The first kappa shape index (κ1) is 18.9. The maximum Gasteiger partial charge on any atom is 0.115 e. The largest absolute Gasteiger partial charge is 0.508 e. The summed E-state index contributed by atoms with van der Waals surface area (Å²) in [6.45, 7) is 8.83. The highest BCUT2D eigenvalue weighted by atomic mass is 16.3. The van der Waals surface area contributed by atoms with E-state index in [1.165, 1.54) is 16.7 Å². The number of phenolic OH excluding ortho intramolecular Hbond substituents is 1. The second-order valence-electron chi connectivity index (χ2n) is 10.2. The van der Waals surface area contributed by atoms with Gasteiger partial charge in [0.1, 0.15) is 5.75 Å². The van der Waals surface area contributed by atoms with E-state index in [1.807, 2.05) is 12.1 Å². The number of aliphatic hydroxyl groups is 1. The van der Waals surface area contributed by atoms with Gasteiger partial charge in [-0.05, 0) is 90.5 Å². The third-order valence-electron chi connectivity index (χ3n) is 8.41. The summed E-state index contributed by atoms with van der Waals surface area (Å²) in [6, 6.07) is 16.9. The molecule has 2 fully saturated rings. The molecule has 2 aromatic rings. The Morgan fingerprint density at radius 3 is 2.59 bits per heavy atom. The van der Waals surface area contributed by atoms with Gasteiger partial charge in [0.05, 0.1) is 6.10 Å². The van der Waals surface area contributed by atoms with E-state index in [0.29, 0.717) is 29.4 Å². The maximum atomic E-state index is 11.0. The van der Waals surface area contributed by atoms with Crippen LogP contribution in [0.5, 0.6) is 5.75 Å². The molecule has 2 nitrogen and oxygen atoms in total. The van der Waals surface area contributed by atoms with E-state index in [-0.39, 0.29) is 17.4 Å². The average molecular weight is 389 g/mol. The van der Waals surface area contributed by atoms with Crippen molar-refractivity contribution in [1.82, 2.24) is 0 Å². The van der Waals surface area contributed by atoms with Crippen LogP contribution in [0.1, 0.15) is 61.6 Å². The van der Waals surface area contributed by atoms with Gasteiger partial charge in [0.2, 0.25) is 0 Å². The van der Waals surface area contributed by atoms with Gasteiger partial charge in [-0.15, -0.1) is 0 Å². The van der Waals surface area contributed by atoms with Crippen LogP contribution in [-0.4, -0.2) is 16.3 Å². The van der Waals surface area contributed by atoms with Crippen molar-refractivity contribution >= 4 is 0 Å². The highest BCUT2D eigenvalue weighted by molar-refractivity contribution is 5.43. The zero-order chi connectivity index (χ0) is 20.3. The Morgan fingerprint density at radius 1 is 1.10 bits per heavy atom. The molecule has 0 aromatic heterocycles. The normalized spacial score (nSPS) is 38.0. The van der Waals surface area contributed by atoms with E-state index in [0.717, 1.165) is 31.3 Å². The lowest BCUT2D eigenvalue weighted by atomic mass is 9.50. The molecule has 0 aliphatic heterocycles. The Kier molecular flexibility index (Phi) is 4.40. The summed E-state index contributed by atoms with van der Waals surface area (Å²) in [7, 11) is 0. The Morgan fingerprint density at radius 2 is 1.86 bits per heavy atom. The molecule has 0 heterocycles. The highest BCUT2D eigenvalue weighted by Crippen LogP contribution is 2.66. The second kappa shape index (κ2) is 6.74. The Labute approximate surface area is 174 Å². The van der Waals surface area contributed by atoms with Gasteiger partial charge in [-0.3, -0.25) is 0 Å². The smallest absolute Gasteiger partial charge is 0.115 e. The van der Waals surface area contributed by atoms with E-state index in [2.05, 4.69) is 56.8 Å². The fraction of sp³-hybridized carbons (Fsp3) is 0.481. The summed E-state index contributed by atoms with van der Waals surface area (Å²) in [5, 5.41) is 21.2. The Hall–Kier alpha value is -2.06. The van der Waals surface area contributed by atoms with E-state index in [9.17, 15) is 10.2 Å². The number of hydrogen-bond donors (Lipinski definition) is 2. The number of fused-ring (bicyclic) bond motifs is 5. The number of rotatable bonds is 2. The van der Waals surface area contributed by atoms with Gasteiger partial charge in [-0.25, -0.2) is 0 Å². The number of aliphatic hydroxyl groups excluding tert-OH is 1. The first-order valence-electron chi connectivity index (χ1n) is 11.1. The summed E-state index contributed by atoms with van der Waals surface area (Å²) in [4.78, 5) is 0. The van der Waals surface area contributed by atoms with Crippen LogP contribution in [0.25, 0.3) is 0 Å². The quantitative estimate of drug-likeness (QED) is 0.638. The standard InChI is InChI=1S/C27H32O2/c1-16(2)24-23(29)15-27(3)12-11-21-20-10-9-19(28)13-18(20)14-22(25(21)26(24)27)17-7-5-4-6-8-17/h4-10,13,21-26,28-29H,1,11-12,14-15H2,2-3H3/t21-,22+,23+,24+,25+,26+,27-/m1/s1. The number of phenols is 1. The molecular formula is C27H32O2. The highest BCUT2D eigenvalue weighted by Gasteiger charge is 2.59.